The molecule has 0 bridgehead atoms. The third kappa shape index (κ3) is 3.93. The average molecular weight is 277 g/mol. The van der Waals surface area contributed by atoms with E-state index in [1.807, 2.05) is 0 Å². The summed E-state index contributed by atoms with van der Waals surface area (Å²) >= 11 is 0. The molecule has 0 aromatic carbocycles. The summed E-state index contributed by atoms with van der Waals surface area (Å²) in [6.07, 6.45) is 2.41. The van der Waals surface area contributed by atoms with Crippen molar-refractivity contribution < 1.29 is 4.74 Å². The topological polar surface area (TPSA) is 37.4 Å². The maximum absolute atomic E-state index is 5.45. The predicted molar refractivity (Wildman–Crippen MR) is 83.2 cm³/mol. The smallest absolute Gasteiger partial charge is 0.129 e. The quantitative estimate of drug-likeness (QED) is 0.866. The van der Waals surface area contributed by atoms with Gasteiger partial charge in [0.25, 0.3) is 0 Å². The molecule has 1 aromatic rings. The van der Waals surface area contributed by atoms with Crippen LogP contribution < -0.4 is 10.2 Å². The monoisotopic (exact) mass is 277 g/mol. The van der Waals surface area contributed by atoms with Crippen LogP contribution in [-0.4, -0.2) is 37.3 Å². The second kappa shape index (κ2) is 7.04. The summed E-state index contributed by atoms with van der Waals surface area (Å²) in [5.74, 6) is 1.10. The van der Waals surface area contributed by atoms with Crippen molar-refractivity contribution in [3.63, 3.8) is 0 Å². The van der Waals surface area contributed by atoms with E-state index in [-0.39, 0.29) is 0 Å². The van der Waals surface area contributed by atoms with Crippen molar-refractivity contribution in [3.05, 3.63) is 23.4 Å². The van der Waals surface area contributed by atoms with Gasteiger partial charge >= 0.3 is 0 Å². The van der Waals surface area contributed by atoms with E-state index < -0.39 is 0 Å². The standard InChI is InChI=1S/C16H27N3O/c1-5-14-8-13(10-17-12(2)3)9-16(18-14)19-7-6-15(11-19)20-4/h8-9,12,15,17H,5-7,10-11H2,1-4H3. The molecule has 2 rings (SSSR count). The molecule has 1 saturated heterocycles. The fraction of sp³-hybridized carbons (Fsp3) is 0.688. The lowest BCUT2D eigenvalue weighted by Gasteiger charge is -2.19. The van der Waals surface area contributed by atoms with Gasteiger partial charge in [0.15, 0.2) is 0 Å². The molecule has 4 heteroatoms. The van der Waals surface area contributed by atoms with Crippen molar-refractivity contribution >= 4 is 5.82 Å². The van der Waals surface area contributed by atoms with Crippen molar-refractivity contribution in [1.29, 1.82) is 0 Å². The van der Waals surface area contributed by atoms with E-state index in [1.54, 1.807) is 7.11 Å². The lowest BCUT2D eigenvalue weighted by molar-refractivity contribution is 0.121. The number of aryl methyl sites for hydroxylation is 1. The Morgan fingerprint density at radius 1 is 1.45 bits per heavy atom. The maximum atomic E-state index is 5.45. The highest BCUT2D eigenvalue weighted by atomic mass is 16.5. The Morgan fingerprint density at radius 2 is 2.25 bits per heavy atom. The number of nitrogens with one attached hydrogen (secondary N) is 1. The molecule has 112 valence electrons. The van der Waals surface area contributed by atoms with E-state index in [9.17, 15) is 0 Å². The zero-order valence-corrected chi connectivity index (χ0v) is 13.1. The molecular formula is C16H27N3O. The first-order valence-corrected chi connectivity index (χ1v) is 7.63. The van der Waals surface area contributed by atoms with Crippen LogP contribution in [-0.2, 0) is 17.7 Å². The summed E-state index contributed by atoms with van der Waals surface area (Å²) in [6, 6.07) is 4.93. The minimum atomic E-state index is 0.347. The van der Waals surface area contributed by atoms with Gasteiger partial charge < -0.3 is 15.0 Å². The fourth-order valence-corrected chi connectivity index (χ4v) is 2.53. The second-order valence-corrected chi connectivity index (χ2v) is 5.81. The van der Waals surface area contributed by atoms with Gasteiger partial charge in [-0.05, 0) is 30.5 Å². The molecule has 0 saturated carbocycles. The number of hydrogen-bond acceptors (Lipinski definition) is 4. The molecule has 2 heterocycles. The molecule has 4 nitrogen and oxygen atoms in total. The van der Waals surface area contributed by atoms with Crippen LogP contribution in [0.1, 0.15) is 38.4 Å². The van der Waals surface area contributed by atoms with E-state index in [4.69, 9.17) is 9.72 Å². The van der Waals surface area contributed by atoms with Gasteiger partial charge in [0.1, 0.15) is 5.82 Å². The number of hydrogen-bond donors (Lipinski definition) is 1. The molecule has 1 aliphatic heterocycles. The Bertz CT molecular complexity index is 434. The largest absolute Gasteiger partial charge is 0.380 e. The molecule has 0 radical (unpaired) electrons. The Kier molecular flexibility index (Phi) is 5.38. The lowest BCUT2D eigenvalue weighted by atomic mass is 10.2. The third-order valence-electron chi connectivity index (χ3n) is 3.80. The van der Waals surface area contributed by atoms with E-state index in [1.165, 1.54) is 11.3 Å². The van der Waals surface area contributed by atoms with Crippen LogP contribution >= 0.6 is 0 Å². The molecule has 1 fully saturated rings. The van der Waals surface area contributed by atoms with E-state index in [2.05, 4.69) is 43.1 Å². The maximum Gasteiger partial charge on any atom is 0.129 e. The van der Waals surface area contributed by atoms with Crippen LogP contribution in [0.5, 0.6) is 0 Å². The zero-order valence-electron chi connectivity index (χ0n) is 13.1. The van der Waals surface area contributed by atoms with Crippen LogP contribution in [0, 0.1) is 0 Å². The zero-order chi connectivity index (χ0) is 14.5. The molecule has 1 aliphatic rings. The first-order chi connectivity index (χ1) is 9.62. The first kappa shape index (κ1) is 15.3. The summed E-state index contributed by atoms with van der Waals surface area (Å²) < 4.78 is 5.45. The number of anilines is 1. The summed E-state index contributed by atoms with van der Waals surface area (Å²) in [5.41, 5.74) is 2.49. The molecule has 1 unspecified atom stereocenters. The lowest BCUT2D eigenvalue weighted by Crippen LogP contribution is -2.25. The summed E-state index contributed by atoms with van der Waals surface area (Å²) in [4.78, 5) is 7.11. The third-order valence-corrected chi connectivity index (χ3v) is 3.80. The molecule has 1 atom stereocenters. The predicted octanol–water partition coefficient (Wildman–Crippen LogP) is 2.37. The Hall–Kier alpha value is -1.13. The van der Waals surface area contributed by atoms with Gasteiger partial charge in [-0.1, -0.05) is 20.8 Å². The number of aromatic nitrogens is 1. The van der Waals surface area contributed by atoms with E-state index >= 15 is 0 Å². The second-order valence-electron chi connectivity index (χ2n) is 5.81. The highest BCUT2D eigenvalue weighted by Crippen LogP contribution is 2.22. The van der Waals surface area contributed by atoms with Gasteiger partial charge in [0, 0.05) is 38.5 Å². The Balaban J connectivity index is 2.13. The van der Waals surface area contributed by atoms with Gasteiger partial charge in [-0.3, -0.25) is 0 Å². The van der Waals surface area contributed by atoms with Crippen molar-refractivity contribution in [2.45, 2.75) is 52.3 Å². The minimum Gasteiger partial charge on any atom is -0.380 e. The average Bonchev–Trinajstić information content (AvgIpc) is 2.93. The SMILES string of the molecule is CCc1cc(CNC(C)C)cc(N2CCC(OC)C2)n1. The molecular weight excluding hydrogens is 250 g/mol. The number of ether oxygens (including phenoxy) is 1. The van der Waals surface area contributed by atoms with Crippen molar-refractivity contribution in [2.24, 2.45) is 0 Å². The normalized spacial score (nSPS) is 19.1. The van der Waals surface area contributed by atoms with Gasteiger partial charge in [-0.2, -0.15) is 0 Å². The van der Waals surface area contributed by atoms with Crippen LogP contribution in [0.4, 0.5) is 5.82 Å². The summed E-state index contributed by atoms with van der Waals surface area (Å²) in [6.45, 7) is 9.40. The van der Waals surface area contributed by atoms with Crippen LogP contribution in [0.15, 0.2) is 12.1 Å². The first-order valence-electron chi connectivity index (χ1n) is 7.63. The molecule has 1 aromatic heterocycles. The highest BCUT2D eigenvalue weighted by Gasteiger charge is 2.23. The van der Waals surface area contributed by atoms with E-state index in [0.717, 1.165) is 38.3 Å². The Labute approximate surface area is 122 Å². The Morgan fingerprint density at radius 3 is 2.85 bits per heavy atom. The van der Waals surface area contributed by atoms with Crippen LogP contribution in [0.25, 0.3) is 0 Å². The fourth-order valence-electron chi connectivity index (χ4n) is 2.53. The summed E-state index contributed by atoms with van der Waals surface area (Å²) in [7, 11) is 1.79. The number of pyridine rings is 1. The van der Waals surface area contributed by atoms with Gasteiger partial charge in [0.05, 0.1) is 6.10 Å². The number of methoxy groups -OCH3 is 1. The highest BCUT2D eigenvalue weighted by molar-refractivity contribution is 5.44. The van der Waals surface area contributed by atoms with Crippen LogP contribution in [0.3, 0.4) is 0 Å². The number of rotatable bonds is 6. The van der Waals surface area contributed by atoms with Crippen molar-refractivity contribution in [1.82, 2.24) is 10.3 Å². The summed E-state index contributed by atoms with van der Waals surface area (Å²) in [5, 5.41) is 3.48. The van der Waals surface area contributed by atoms with Gasteiger partial charge in [-0.15, -0.1) is 0 Å². The van der Waals surface area contributed by atoms with Crippen molar-refractivity contribution in [3.8, 4) is 0 Å². The van der Waals surface area contributed by atoms with Crippen molar-refractivity contribution in [2.75, 3.05) is 25.1 Å². The number of nitrogens with zero attached hydrogens (tertiary/aromatic N) is 2. The molecule has 0 amide bonds. The molecule has 20 heavy (non-hydrogen) atoms. The minimum absolute atomic E-state index is 0.347. The molecule has 0 aliphatic carbocycles. The van der Waals surface area contributed by atoms with Gasteiger partial charge in [0.2, 0.25) is 0 Å². The van der Waals surface area contributed by atoms with Crippen LogP contribution in [0.2, 0.25) is 0 Å². The van der Waals surface area contributed by atoms with E-state index in [0.29, 0.717) is 12.1 Å². The molecule has 1 N–H and O–H groups in total. The molecule has 0 spiro atoms. The van der Waals surface area contributed by atoms with Gasteiger partial charge in [-0.25, -0.2) is 4.98 Å².